The number of ether oxygens (including phenoxy) is 2. The molecule has 0 bridgehead atoms. The van der Waals surface area contributed by atoms with E-state index in [0.29, 0.717) is 49.4 Å². The number of fused-ring (bicyclic) bond motifs is 1. The Morgan fingerprint density at radius 2 is 1.83 bits per heavy atom. The van der Waals surface area contributed by atoms with Gasteiger partial charge in [0, 0.05) is 25.9 Å². The van der Waals surface area contributed by atoms with Crippen LogP contribution in [0.25, 0.3) is 0 Å². The molecule has 5 nitrogen and oxygen atoms in total. The second-order valence-corrected chi connectivity index (χ2v) is 8.30. The van der Waals surface area contributed by atoms with Crippen LogP contribution in [0, 0.1) is 20.8 Å². The van der Waals surface area contributed by atoms with Gasteiger partial charge >= 0.3 is 0 Å². The van der Waals surface area contributed by atoms with Gasteiger partial charge in [0.1, 0.15) is 17.1 Å². The van der Waals surface area contributed by atoms with Gasteiger partial charge in [-0.25, -0.2) is 0 Å². The van der Waals surface area contributed by atoms with Crippen LogP contribution in [0.2, 0.25) is 0 Å². The number of benzene rings is 2. The second-order valence-electron chi connectivity index (χ2n) is 8.30. The zero-order chi connectivity index (χ0) is 20.6. The highest BCUT2D eigenvalue weighted by Crippen LogP contribution is 2.39. The molecular formula is C24H27NO4. The maximum Gasteiger partial charge on any atom is 0.260 e. The van der Waals surface area contributed by atoms with Crippen LogP contribution in [-0.4, -0.2) is 41.9 Å². The second kappa shape index (κ2) is 7.54. The molecule has 2 aliphatic heterocycles. The molecule has 0 saturated carbocycles. The lowest BCUT2D eigenvalue weighted by molar-refractivity contribution is -0.136. The first-order valence-electron chi connectivity index (χ1n) is 10.2. The van der Waals surface area contributed by atoms with Crippen LogP contribution < -0.4 is 9.47 Å². The molecule has 0 unspecified atom stereocenters. The van der Waals surface area contributed by atoms with Crippen molar-refractivity contribution < 1.29 is 19.1 Å². The van der Waals surface area contributed by atoms with Crippen LogP contribution >= 0.6 is 0 Å². The molecule has 2 aromatic rings. The smallest absolute Gasteiger partial charge is 0.260 e. The summed E-state index contributed by atoms with van der Waals surface area (Å²) in [6, 6.07) is 11.6. The van der Waals surface area contributed by atoms with E-state index in [1.54, 1.807) is 0 Å². The number of carbonyl (C=O) groups excluding carboxylic acids is 2. The van der Waals surface area contributed by atoms with Gasteiger partial charge in [-0.1, -0.05) is 17.7 Å². The average Bonchev–Trinajstić information content (AvgIpc) is 2.70. The van der Waals surface area contributed by atoms with Gasteiger partial charge in [0.2, 0.25) is 0 Å². The molecule has 152 valence electrons. The van der Waals surface area contributed by atoms with Gasteiger partial charge < -0.3 is 14.4 Å². The van der Waals surface area contributed by atoms with E-state index in [1.807, 2.05) is 62.1 Å². The fourth-order valence-electron chi connectivity index (χ4n) is 4.09. The summed E-state index contributed by atoms with van der Waals surface area (Å²) in [7, 11) is 0. The van der Waals surface area contributed by atoms with Crippen molar-refractivity contribution >= 4 is 11.7 Å². The number of hydrogen-bond acceptors (Lipinski definition) is 4. The fraction of sp³-hybridized carbons (Fsp3) is 0.417. The highest BCUT2D eigenvalue weighted by Gasteiger charge is 2.43. The Kier molecular flexibility index (Phi) is 5.07. The first-order valence-corrected chi connectivity index (χ1v) is 10.2. The van der Waals surface area contributed by atoms with Gasteiger partial charge in [0.05, 0.1) is 12.0 Å². The Bertz CT molecular complexity index is 957. The van der Waals surface area contributed by atoms with Gasteiger partial charge in [-0.15, -0.1) is 0 Å². The minimum absolute atomic E-state index is 0.0252. The van der Waals surface area contributed by atoms with Crippen molar-refractivity contribution in [1.82, 2.24) is 4.90 Å². The van der Waals surface area contributed by atoms with Crippen LogP contribution in [-0.2, 0) is 4.79 Å². The summed E-state index contributed by atoms with van der Waals surface area (Å²) in [5.41, 5.74) is 3.58. The van der Waals surface area contributed by atoms with Crippen LogP contribution in [0.15, 0.2) is 36.4 Å². The van der Waals surface area contributed by atoms with E-state index in [4.69, 9.17) is 9.47 Å². The molecule has 1 amide bonds. The number of Topliss-reactive ketones (excluding diaryl/α,β-unsaturated/α-hetero) is 1. The standard InChI is InChI=1S/C24H27NO4/c1-16-4-7-22-20(12-16)21(26)14-24(29-22)8-10-25(11-9-24)23(27)15-28-19-6-5-17(2)18(3)13-19/h4-7,12-13H,8-11,14-15H2,1-3H3. The van der Waals surface area contributed by atoms with Crippen molar-refractivity contribution in [2.24, 2.45) is 0 Å². The van der Waals surface area contributed by atoms with E-state index in [0.717, 1.165) is 11.1 Å². The lowest BCUT2D eigenvalue weighted by atomic mass is 9.82. The van der Waals surface area contributed by atoms with E-state index < -0.39 is 5.60 Å². The number of nitrogens with zero attached hydrogens (tertiary/aromatic N) is 1. The molecular weight excluding hydrogens is 366 g/mol. The number of ketones is 1. The quantitative estimate of drug-likeness (QED) is 0.790. The Morgan fingerprint density at radius 3 is 2.55 bits per heavy atom. The van der Waals surface area contributed by atoms with Crippen LogP contribution in [0.4, 0.5) is 0 Å². The maximum atomic E-state index is 12.7. The molecule has 1 saturated heterocycles. The average molecular weight is 393 g/mol. The normalized spacial score (nSPS) is 17.6. The molecule has 2 aliphatic rings. The molecule has 2 heterocycles. The van der Waals surface area contributed by atoms with Crippen molar-refractivity contribution in [3.63, 3.8) is 0 Å². The fourth-order valence-corrected chi connectivity index (χ4v) is 4.09. The number of aryl methyl sites for hydroxylation is 3. The SMILES string of the molecule is Cc1ccc2c(c1)C(=O)CC1(CCN(C(=O)COc3ccc(C)c(C)c3)CC1)O2. The monoisotopic (exact) mass is 393 g/mol. The molecule has 0 atom stereocenters. The molecule has 1 fully saturated rings. The molecule has 29 heavy (non-hydrogen) atoms. The van der Waals surface area contributed by atoms with Crippen LogP contribution in [0.1, 0.15) is 46.3 Å². The summed E-state index contributed by atoms with van der Waals surface area (Å²) in [6.07, 6.45) is 1.69. The molecule has 0 aliphatic carbocycles. The minimum Gasteiger partial charge on any atom is -0.486 e. The van der Waals surface area contributed by atoms with Crippen molar-refractivity contribution in [2.75, 3.05) is 19.7 Å². The van der Waals surface area contributed by atoms with Gasteiger partial charge in [-0.05, 0) is 56.2 Å². The summed E-state index contributed by atoms with van der Waals surface area (Å²) in [6.45, 7) is 7.22. The molecule has 0 N–H and O–H groups in total. The molecule has 0 aromatic heterocycles. The molecule has 4 rings (SSSR count). The largest absolute Gasteiger partial charge is 0.486 e. The Morgan fingerprint density at radius 1 is 1.07 bits per heavy atom. The minimum atomic E-state index is -0.495. The number of likely N-dealkylation sites (tertiary alicyclic amines) is 1. The maximum absolute atomic E-state index is 12.7. The van der Waals surface area contributed by atoms with E-state index in [2.05, 4.69) is 0 Å². The van der Waals surface area contributed by atoms with E-state index in [-0.39, 0.29) is 18.3 Å². The van der Waals surface area contributed by atoms with Crippen molar-refractivity contribution in [3.8, 4) is 11.5 Å². The van der Waals surface area contributed by atoms with Gasteiger partial charge in [0.15, 0.2) is 12.4 Å². The predicted molar refractivity (Wildman–Crippen MR) is 111 cm³/mol. The molecule has 1 spiro atoms. The van der Waals surface area contributed by atoms with Gasteiger partial charge in [0.25, 0.3) is 5.91 Å². The number of amides is 1. The number of piperidine rings is 1. The molecule has 0 radical (unpaired) electrons. The topological polar surface area (TPSA) is 55.8 Å². The highest BCUT2D eigenvalue weighted by atomic mass is 16.5. The van der Waals surface area contributed by atoms with Gasteiger partial charge in [-0.3, -0.25) is 9.59 Å². The number of carbonyl (C=O) groups is 2. The van der Waals surface area contributed by atoms with Crippen molar-refractivity contribution in [1.29, 1.82) is 0 Å². The van der Waals surface area contributed by atoms with E-state index >= 15 is 0 Å². The highest BCUT2D eigenvalue weighted by molar-refractivity contribution is 6.00. The predicted octanol–water partition coefficient (Wildman–Crippen LogP) is 4.02. The third-order valence-corrected chi connectivity index (χ3v) is 6.11. The third-order valence-electron chi connectivity index (χ3n) is 6.11. The van der Waals surface area contributed by atoms with Crippen molar-refractivity contribution in [2.45, 2.75) is 45.6 Å². The van der Waals surface area contributed by atoms with E-state index in [9.17, 15) is 9.59 Å². The van der Waals surface area contributed by atoms with Crippen LogP contribution in [0.3, 0.4) is 0 Å². The Balaban J connectivity index is 1.35. The van der Waals surface area contributed by atoms with E-state index in [1.165, 1.54) is 5.56 Å². The van der Waals surface area contributed by atoms with Gasteiger partial charge in [-0.2, -0.15) is 0 Å². The Hall–Kier alpha value is -2.82. The first kappa shape index (κ1) is 19.5. The lowest BCUT2D eigenvalue weighted by Crippen LogP contribution is -2.53. The zero-order valence-electron chi connectivity index (χ0n) is 17.3. The lowest BCUT2D eigenvalue weighted by Gasteiger charge is -2.44. The first-order chi connectivity index (χ1) is 13.8. The summed E-state index contributed by atoms with van der Waals surface area (Å²) in [5, 5.41) is 0. The van der Waals surface area contributed by atoms with Crippen LogP contribution in [0.5, 0.6) is 11.5 Å². The third kappa shape index (κ3) is 4.00. The zero-order valence-corrected chi connectivity index (χ0v) is 17.3. The van der Waals surface area contributed by atoms with Crippen molar-refractivity contribution in [3.05, 3.63) is 58.7 Å². The summed E-state index contributed by atoms with van der Waals surface area (Å²) < 4.78 is 12.0. The Labute approximate surface area is 171 Å². The summed E-state index contributed by atoms with van der Waals surface area (Å²) in [5.74, 6) is 1.48. The summed E-state index contributed by atoms with van der Waals surface area (Å²) >= 11 is 0. The molecule has 5 heteroatoms. The number of hydrogen-bond donors (Lipinski definition) is 0. The molecule has 2 aromatic carbocycles. The number of rotatable bonds is 3. The summed E-state index contributed by atoms with van der Waals surface area (Å²) in [4.78, 5) is 27.1.